The minimum atomic E-state index is -2.31. The lowest BCUT2D eigenvalue weighted by molar-refractivity contribution is 0.483. The van der Waals surface area contributed by atoms with E-state index in [0.29, 0.717) is 6.04 Å². The molecule has 0 aromatic rings. The third-order valence-electron chi connectivity index (χ3n) is 1.33. The standard InChI is InChI=1S/C4H9NO2S/c1-5(8(6)7)4-2-3-4/h4,8H,2-3H2,1H3. The monoisotopic (exact) mass is 135 g/mol. The van der Waals surface area contributed by atoms with Crippen LogP contribution in [0.2, 0.25) is 0 Å². The van der Waals surface area contributed by atoms with Crippen molar-refractivity contribution < 1.29 is 8.42 Å². The van der Waals surface area contributed by atoms with Gasteiger partial charge in [0, 0.05) is 13.1 Å². The second-order valence-electron chi connectivity index (χ2n) is 2.04. The molecule has 0 aliphatic heterocycles. The Kier molecular flexibility index (Phi) is 1.53. The smallest absolute Gasteiger partial charge is 0.203 e. The van der Waals surface area contributed by atoms with E-state index in [1.165, 1.54) is 4.31 Å². The Morgan fingerprint density at radius 2 is 2.00 bits per heavy atom. The first-order valence-electron chi connectivity index (χ1n) is 2.59. The predicted molar refractivity (Wildman–Crippen MR) is 31.1 cm³/mol. The van der Waals surface area contributed by atoms with Crippen LogP contribution < -0.4 is 0 Å². The van der Waals surface area contributed by atoms with E-state index in [0.717, 1.165) is 12.8 Å². The van der Waals surface area contributed by atoms with Crippen molar-refractivity contribution in [2.45, 2.75) is 18.9 Å². The van der Waals surface area contributed by atoms with Gasteiger partial charge in [0.1, 0.15) is 0 Å². The van der Waals surface area contributed by atoms with E-state index in [2.05, 4.69) is 0 Å². The summed E-state index contributed by atoms with van der Waals surface area (Å²) in [6.07, 6.45) is 2.08. The van der Waals surface area contributed by atoms with Crippen molar-refractivity contribution in [3.05, 3.63) is 0 Å². The number of rotatable bonds is 2. The van der Waals surface area contributed by atoms with E-state index in [-0.39, 0.29) is 0 Å². The van der Waals surface area contributed by atoms with E-state index < -0.39 is 10.9 Å². The highest BCUT2D eigenvalue weighted by molar-refractivity contribution is 7.69. The van der Waals surface area contributed by atoms with Crippen molar-refractivity contribution >= 4 is 10.9 Å². The normalized spacial score (nSPS) is 20.4. The molecule has 4 heteroatoms. The number of nitrogens with zero attached hydrogens (tertiary/aromatic N) is 1. The van der Waals surface area contributed by atoms with Crippen molar-refractivity contribution in [1.29, 1.82) is 0 Å². The summed E-state index contributed by atoms with van der Waals surface area (Å²) >= 11 is 0. The van der Waals surface area contributed by atoms with Gasteiger partial charge < -0.3 is 0 Å². The second kappa shape index (κ2) is 2.03. The highest BCUT2D eigenvalue weighted by Gasteiger charge is 2.27. The summed E-state index contributed by atoms with van der Waals surface area (Å²) in [6, 6.07) is 0.330. The van der Waals surface area contributed by atoms with Gasteiger partial charge in [-0.3, -0.25) is 0 Å². The Bertz CT molecular complexity index is 142. The van der Waals surface area contributed by atoms with Gasteiger partial charge >= 0.3 is 0 Å². The second-order valence-corrected chi connectivity index (χ2v) is 3.15. The fraction of sp³-hybridized carbons (Fsp3) is 1.00. The first-order valence-corrected chi connectivity index (χ1v) is 3.72. The molecule has 0 heterocycles. The van der Waals surface area contributed by atoms with Crippen molar-refractivity contribution in [3.63, 3.8) is 0 Å². The quantitative estimate of drug-likeness (QED) is 0.523. The lowest BCUT2D eigenvalue weighted by Gasteiger charge is -2.02. The molecule has 0 saturated heterocycles. The predicted octanol–water partition coefficient (Wildman–Crippen LogP) is -0.393. The molecule has 48 valence electrons. The summed E-state index contributed by atoms with van der Waals surface area (Å²) in [5.74, 6) is 0. The SMILES string of the molecule is CN(C1CC1)[SH](=O)=O. The number of hydrogen-bond acceptors (Lipinski definition) is 2. The van der Waals surface area contributed by atoms with Crippen molar-refractivity contribution in [3.8, 4) is 0 Å². The van der Waals surface area contributed by atoms with E-state index >= 15 is 0 Å². The molecule has 0 radical (unpaired) electrons. The lowest BCUT2D eigenvalue weighted by atomic mass is 10.7. The molecule has 0 aromatic carbocycles. The van der Waals surface area contributed by atoms with Crippen LogP contribution in [0.15, 0.2) is 0 Å². The van der Waals surface area contributed by atoms with Crippen molar-refractivity contribution in [1.82, 2.24) is 4.31 Å². The number of hydrogen-bond donors (Lipinski definition) is 1. The van der Waals surface area contributed by atoms with Crippen molar-refractivity contribution in [2.75, 3.05) is 7.05 Å². The molecular formula is C4H9NO2S. The molecule has 0 bridgehead atoms. The molecular weight excluding hydrogens is 126 g/mol. The first kappa shape index (κ1) is 6.04. The molecule has 8 heavy (non-hydrogen) atoms. The summed E-state index contributed by atoms with van der Waals surface area (Å²) in [6.45, 7) is 0. The van der Waals surface area contributed by atoms with Gasteiger partial charge in [-0.05, 0) is 12.8 Å². The van der Waals surface area contributed by atoms with E-state index in [1.807, 2.05) is 0 Å². The molecule has 0 aromatic heterocycles. The molecule has 1 aliphatic rings. The molecule has 1 fully saturated rings. The van der Waals surface area contributed by atoms with Crippen LogP contribution in [-0.4, -0.2) is 25.8 Å². The van der Waals surface area contributed by atoms with Gasteiger partial charge in [0.15, 0.2) is 0 Å². The van der Waals surface area contributed by atoms with Gasteiger partial charge in [0.2, 0.25) is 10.9 Å². The third kappa shape index (κ3) is 1.20. The average molecular weight is 135 g/mol. The zero-order valence-corrected chi connectivity index (χ0v) is 5.60. The zero-order chi connectivity index (χ0) is 6.15. The van der Waals surface area contributed by atoms with E-state index in [4.69, 9.17) is 0 Å². The topological polar surface area (TPSA) is 37.4 Å². The Hall–Kier alpha value is -0.0900. The van der Waals surface area contributed by atoms with Gasteiger partial charge in [-0.15, -0.1) is 0 Å². The molecule has 0 amide bonds. The highest BCUT2D eigenvalue weighted by Crippen LogP contribution is 2.24. The summed E-state index contributed by atoms with van der Waals surface area (Å²) in [5.41, 5.74) is 0. The molecule has 0 spiro atoms. The van der Waals surface area contributed by atoms with Crippen LogP contribution in [-0.2, 0) is 10.9 Å². The van der Waals surface area contributed by atoms with Crippen LogP contribution in [0, 0.1) is 0 Å². The Labute approximate surface area is 50.4 Å². The van der Waals surface area contributed by atoms with Gasteiger partial charge in [-0.25, -0.2) is 12.7 Å². The Balaban J connectivity index is 2.44. The van der Waals surface area contributed by atoms with Gasteiger partial charge in [0.05, 0.1) is 0 Å². The molecule has 3 nitrogen and oxygen atoms in total. The lowest BCUT2D eigenvalue weighted by Crippen LogP contribution is -2.17. The van der Waals surface area contributed by atoms with E-state index in [9.17, 15) is 8.42 Å². The maximum absolute atomic E-state index is 10.1. The first-order chi connectivity index (χ1) is 3.72. The molecule has 0 N–H and O–H groups in total. The maximum atomic E-state index is 10.1. The van der Waals surface area contributed by atoms with E-state index in [1.54, 1.807) is 7.05 Å². The molecule has 0 unspecified atom stereocenters. The van der Waals surface area contributed by atoms with Crippen molar-refractivity contribution in [2.24, 2.45) is 0 Å². The highest BCUT2D eigenvalue weighted by atomic mass is 32.2. The summed E-state index contributed by atoms with van der Waals surface area (Å²) in [5, 5.41) is 0. The van der Waals surface area contributed by atoms with Crippen LogP contribution in [0.4, 0.5) is 0 Å². The van der Waals surface area contributed by atoms with Crippen LogP contribution in [0.5, 0.6) is 0 Å². The fourth-order valence-corrected chi connectivity index (χ4v) is 1.08. The molecule has 1 aliphatic carbocycles. The Morgan fingerprint density at radius 1 is 1.50 bits per heavy atom. The minimum Gasteiger partial charge on any atom is -0.215 e. The largest absolute Gasteiger partial charge is 0.215 e. The average Bonchev–Trinajstić information content (AvgIpc) is 2.43. The number of thiol groups is 1. The molecule has 1 rings (SSSR count). The van der Waals surface area contributed by atoms with Crippen LogP contribution in [0.25, 0.3) is 0 Å². The van der Waals surface area contributed by atoms with Crippen LogP contribution in [0.1, 0.15) is 12.8 Å². The van der Waals surface area contributed by atoms with Crippen LogP contribution in [0.3, 0.4) is 0 Å². The summed E-state index contributed by atoms with van der Waals surface area (Å²) in [4.78, 5) is 0. The Morgan fingerprint density at radius 3 is 2.12 bits per heavy atom. The minimum absolute atomic E-state index is 0.330. The summed E-state index contributed by atoms with van der Waals surface area (Å²) < 4.78 is 21.7. The van der Waals surface area contributed by atoms with Gasteiger partial charge in [0.25, 0.3) is 0 Å². The summed E-state index contributed by atoms with van der Waals surface area (Å²) in [7, 11) is -0.691. The maximum Gasteiger partial charge on any atom is 0.203 e. The van der Waals surface area contributed by atoms with Crippen LogP contribution >= 0.6 is 0 Å². The molecule has 1 saturated carbocycles. The van der Waals surface area contributed by atoms with Gasteiger partial charge in [-0.2, -0.15) is 0 Å². The fourth-order valence-electron chi connectivity index (χ4n) is 0.582. The zero-order valence-electron chi connectivity index (χ0n) is 4.70. The molecule has 0 atom stereocenters. The third-order valence-corrected chi connectivity index (χ3v) is 2.17. The van der Waals surface area contributed by atoms with Gasteiger partial charge in [-0.1, -0.05) is 0 Å².